The number of ether oxygens (including phenoxy) is 1. The quantitative estimate of drug-likeness (QED) is 0.422. The van der Waals surface area contributed by atoms with Crippen LogP contribution < -0.4 is 5.32 Å². The van der Waals surface area contributed by atoms with Gasteiger partial charge in [0.2, 0.25) is 0 Å². The van der Waals surface area contributed by atoms with Gasteiger partial charge in [-0.15, -0.1) is 0 Å². The fourth-order valence-electron chi connectivity index (χ4n) is 0.391. The summed E-state index contributed by atoms with van der Waals surface area (Å²) in [5.41, 5.74) is 0. The smallest absolute Gasteiger partial charge is 0.0997 e. The van der Waals surface area contributed by atoms with Gasteiger partial charge in [-0.25, -0.2) is 0 Å². The van der Waals surface area contributed by atoms with Gasteiger partial charge >= 0.3 is 0 Å². The highest BCUT2D eigenvalue weighted by Crippen LogP contribution is 1.69. The van der Waals surface area contributed by atoms with Crippen LogP contribution in [-0.2, 0) is 4.74 Å². The van der Waals surface area contributed by atoms with E-state index in [0.717, 1.165) is 19.7 Å². The van der Waals surface area contributed by atoms with Crippen LogP contribution in [0.2, 0.25) is 0 Å². The van der Waals surface area contributed by atoms with E-state index in [1.54, 1.807) is 0 Å². The third-order valence-electron chi connectivity index (χ3n) is 0.765. The van der Waals surface area contributed by atoms with E-state index in [2.05, 4.69) is 18.8 Å². The van der Waals surface area contributed by atoms with Crippen molar-refractivity contribution in [3.05, 3.63) is 12.8 Å². The van der Waals surface area contributed by atoms with Crippen molar-refractivity contribution in [3.63, 3.8) is 0 Å². The summed E-state index contributed by atoms with van der Waals surface area (Å²) >= 11 is 0. The number of rotatable bonds is 5. The molecule has 8 heavy (non-hydrogen) atoms. The van der Waals surface area contributed by atoms with Gasteiger partial charge in [-0.05, 0) is 6.54 Å². The van der Waals surface area contributed by atoms with Crippen molar-refractivity contribution in [1.29, 1.82) is 0 Å². The molecule has 0 aromatic heterocycles. The molecule has 0 aromatic rings. The third-order valence-corrected chi connectivity index (χ3v) is 0.765. The molecule has 0 atom stereocenters. The van der Waals surface area contributed by atoms with Gasteiger partial charge in [0, 0.05) is 6.54 Å². The van der Waals surface area contributed by atoms with Crippen LogP contribution in [0.4, 0.5) is 0 Å². The molecule has 0 saturated heterocycles. The highest BCUT2D eigenvalue weighted by Gasteiger charge is 1.78. The van der Waals surface area contributed by atoms with Crippen LogP contribution in [0.15, 0.2) is 12.8 Å². The monoisotopic (exact) mass is 115 g/mol. The average molecular weight is 115 g/mol. The predicted octanol–water partition coefficient (Wildman–Crippen LogP) is 0.756. The van der Waals surface area contributed by atoms with Gasteiger partial charge in [-0.2, -0.15) is 0 Å². The van der Waals surface area contributed by atoms with E-state index in [9.17, 15) is 0 Å². The van der Waals surface area contributed by atoms with E-state index < -0.39 is 0 Å². The van der Waals surface area contributed by atoms with E-state index in [1.165, 1.54) is 6.26 Å². The molecule has 0 aliphatic carbocycles. The topological polar surface area (TPSA) is 21.3 Å². The summed E-state index contributed by atoms with van der Waals surface area (Å²) in [4.78, 5) is 0. The predicted molar refractivity (Wildman–Crippen MR) is 34.7 cm³/mol. The number of hydrogen-bond donors (Lipinski definition) is 1. The van der Waals surface area contributed by atoms with Crippen molar-refractivity contribution >= 4 is 0 Å². The first-order chi connectivity index (χ1) is 3.91. The van der Waals surface area contributed by atoms with Crippen LogP contribution >= 0.6 is 0 Å². The maximum atomic E-state index is 4.84. The van der Waals surface area contributed by atoms with Crippen LogP contribution in [0, 0.1) is 0 Å². The highest BCUT2D eigenvalue weighted by atomic mass is 16.5. The zero-order valence-corrected chi connectivity index (χ0v) is 5.31. The average Bonchev–Trinajstić information content (AvgIpc) is 1.81. The minimum atomic E-state index is 0.720. The summed E-state index contributed by atoms with van der Waals surface area (Å²) in [5, 5.41) is 3.11. The third kappa shape index (κ3) is 5.50. The molecule has 0 fully saturated rings. The lowest BCUT2D eigenvalue weighted by molar-refractivity contribution is 0.251. The molecule has 48 valence electrons. The number of nitrogens with one attached hydrogen (secondary N) is 1. The van der Waals surface area contributed by atoms with Gasteiger partial charge in [0.1, 0.15) is 0 Å². The normalized spacial score (nSPS) is 8.62. The molecule has 0 unspecified atom stereocenters. The molecule has 0 heterocycles. The van der Waals surface area contributed by atoms with Gasteiger partial charge in [0.25, 0.3) is 0 Å². The minimum Gasteiger partial charge on any atom is -0.500 e. The fourth-order valence-corrected chi connectivity index (χ4v) is 0.391. The second-order valence-electron chi connectivity index (χ2n) is 1.39. The summed E-state index contributed by atoms with van der Waals surface area (Å²) in [6.07, 6.45) is 1.46. The summed E-state index contributed by atoms with van der Waals surface area (Å²) < 4.78 is 4.84. The molecule has 0 radical (unpaired) electrons. The Labute approximate surface area is 50.5 Å². The lowest BCUT2D eigenvalue weighted by Gasteiger charge is -1.98. The molecule has 0 spiro atoms. The Kier molecular flexibility index (Phi) is 6.09. The molecule has 0 saturated carbocycles. The Morgan fingerprint density at radius 2 is 2.50 bits per heavy atom. The van der Waals surface area contributed by atoms with E-state index in [1.807, 2.05) is 0 Å². The molecule has 0 bridgehead atoms. The van der Waals surface area contributed by atoms with E-state index >= 15 is 0 Å². The first-order valence-corrected chi connectivity index (χ1v) is 2.85. The Bertz CT molecular complexity index is 54.5. The maximum Gasteiger partial charge on any atom is 0.0997 e. The van der Waals surface area contributed by atoms with Gasteiger partial charge in [0.05, 0.1) is 12.9 Å². The largest absolute Gasteiger partial charge is 0.500 e. The summed E-state index contributed by atoms with van der Waals surface area (Å²) in [6.45, 7) is 8.10. The highest BCUT2D eigenvalue weighted by molar-refractivity contribution is 4.49. The standard InChI is InChI=1S/C6H13NO/c1-3-7-5-6-8-4-2/h4,7H,2-3,5-6H2,1H3. The molecule has 2 nitrogen and oxygen atoms in total. The Morgan fingerprint density at radius 3 is 3.00 bits per heavy atom. The van der Waals surface area contributed by atoms with E-state index in [4.69, 9.17) is 4.74 Å². The second-order valence-corrected chi connectivity index (χ2v) is 1.39. The van der Waals surface area contributed by atoms with Gasteiger partial charge in [-0.3, -0.25) is 0 Å². The van der Waals surface area contributed by atoms with Crippen LogP contribution in [-0.4, -0.2) is 19.7 Å². The van der Waals surface area contributed by atoms with Gasteiger partial charge in [0.15, 0.2) is 0 Å². The Balaban J connectivity index is 2.62. The molecule has 0 aromatic carbocycles. The van der Waals surface area contributed by atoms with Crippen molar-refractivity contribution in [3.8, 4) is 0 Å². The van der Waals surface area contributed by atoms with E-state index in [-0.39, 0.29) is 0 Å². The number of likely N-dealkylation sites (N-methyl/N-ethyl adjacent to an activating group) is 1. The first-order valence-electron chi connectivity index (χ1n) is 2.85. The van der Waals surface area contributed by atoms with Crippen molar-refractivity contribution in [2.45, 2.75) is 6.92 Å². The Morgan fingerprint density at radius 1 is 1.75 bits per heavy atom. The lowest BCUT2D eigenvalue weighted by Crippen LogP contribution is -2.17. The van der Waals surface area contributed by atoms with Crippen LogP contribution in [0.5, 0.6) is 0 Å². The van der Waals surface area contributed by atoms with Crippen molar-refractivity contribution in [1.82, 2.24) is 5.32 Å². The molecular formula is C6H13NO. The summed E-state index contributed by atoms with van der Waals surface area (Å²) in [7, 11) is 0. The van der Waals surface area contributed by atoms with Crippen molar-refractivity contribution in [2.24, 2.45) is 0 Å². The number of hydrogen-bond acceptors (Lipinski definition) is 2. The van der Waals surface area contributed by atoms with Gasteiger partial charge in [-0.1, -0.05) is 13.5 Å². The molecular weight excluding hydrogens is 102 g/mol. The summed E-state index contributed by atoms with van der Waals surface area (Å²) in [6, 6.07) is 0. The second kappa shape index (κ2) is 6.50. The molecule has 0 aliphatic rings. The SMILES string of the molecule is C=COCCNCC. The zero-order valence-electron chi connectivity index (χ0n) is 5.31. The van der Waals surface area contributed by atoms with E-state index in [0.29, 0.717) is 0 Å². The van der Waals surface area contributed by atoms with Crippen molar-refractivity contribution < 1.29 is 4.74 Å². The maximum absolute atomic E-state index is 4.84. The van der Waals surface area contributed by atoms with Crippen molar-refractivity contribution in [2.75, 3.05) is 19.7 Å². The molecule has 0 amide bonds. The zero-order chi connectivity index (χ0) is 6.24. The molecule has 2 heteroatoms. The molecule has 1 N–H and O–H groups in total. The van der Waals surface area contributed by atoms with Crippen LogP contribution in [0.1, 0.15) is 6.92 Å². The Hall–Kier alpha value is -0.500. The lowest BCUT2D eigenvalue weighted by atomic mass is 10.6. The minimum absolute atomic E-state index is 0.720. The van der Waals surface area contributed by atoms with Crippen LogP contribution in [0.3, 0.4) is 0 Å². The summed E-state index contributed by atoms with van der Waals surface area (Å²) in [5.74, 6) is 0. The molecule has 0 rings (SSSR count). The first kappa shape index (κ1) is 7.50. The van der Waals surface area contributed by atoms with Gasteiger partial charge < -0.3 is 10.1 Å². The molecule has 0 aliphatic heterocycles. The fraction of sp³-hybridized carbons (Fsp3) is 0.667. The van der Waals surface area contributed by atoms with Crippen LogP contribution in [0.25, 0.3) is 0 Å².